The molecule has 1 heterocycles. The van der Waals surface area contributed by atoms with Crippen molar-refractivity contribution in [1.29, 1.82) is 0 Å². The zero-order valence-corrected chi connectivity index (χ0v) is 10.1. The van der Waals surface area contributed by atoms with E-state index in [1.54, 1.807) is 0 Å². The van der Waals surface area contributed by atoms with Gasteiger partial charge in [-0.3, -0.25) is 0 Å². The molecule has 2 N–H and O–H groups in total. The number of thioether (sulfide) groups is 2. The molecule has 3 unspecified atom stereocenters. The van der Waals surface area contributed by atoms with E-state index in [1.165, 1.54) is 17.1 Å². The Hall–Kier alpha value is 0.400. The molecule has 1 aliphatic heterocycles. The fraction of sp³-hybridized carbons (Fsp3) is 0.800. The molecule has 0 spiro atoms. The molecular formula is C10H19NS2. The van der Waals surface area contributed by atoms with E-state index < -0.39 is 0 Å². The van der Waals surface area contributed by atoms with Crippen LogP contribution in [0, 0.1) is 0 Å². The van der Waals surface area contributed by atoms with Crippen molar-refractivity contribution in [2.75, 3.05) is 11.5 Å². The average Bonchev–Trinajstić information content (AvgIpc) is 2.03. The summed E-state index contributed by atoms with van der Waals surface area (Å²) in [5.74, 6) is 2.53. The van der Waals surface area contributed by atoms with Crippen molar-refractivity contribution in [3.63, 3.8) is 0 Å². The Morgan fingerprint density at radius 3 is 2.69 bits per heavy atom. The van der Waals surface area contributed by atoms with Gasteiger partial charge in [0.15, 0.2) is 0 Å². The monoisotopic (exact) mass is 217 g/mol. The van der Waals surface area contributed by atoms with Crippen molar-refractivity contribution in [2.45, 2.75) is 36.8 Å². The molecule has 0 aromatic rings. The number of nitrogens with two attached hydrogens (primary N) is 1. The molecule has 0 aromatic carbocycles. The highest BCUT2D eigenvalue weighted by Gasteiger charge is 2.27. The van der Waals surface area contributed by atoms with E-state index in [0.717, 1.165) is 6.42 Å². The zero-order chi connectivity index (χ0) is 9.84. The summed E-state index contributed by atoms with van der Waals surface area (Å²) in [5.41, 5.74) is 7.35. The second-order valence-corrected chi connectivity index (χ2v) is 6.51. The van der Waals surface area contributed by atoms with Crippen LogP contribution in [0.1, 0.15) is 20.3 Å². The van der Waals surface area contributed by atoms with Crippen molar-refractivity contribution in [2.24, 2.45) is 5.73 Å². The van der Waals surface area contributed by atoms with Gasteiger partial charge in [-0.2, -0.15) is 23.5 Å². The quantitative estimate of drug-likeness (QED) is 0.736. The second-order valence-electron chi connectivity index (χ2n) is 3.74. The lowest BCUT2D eigenvalue weighted by atomic mass is 10.0. The lowest BCUT2D eigenvalue weighted by Gasteiger charge is -2.32. The second kappa shape index (κ2) is 5.32. The van der Waals surface area contributed by atoms with Gasteiger partial charge in [0.2, 0.25) is 0 Å². The maximum Gasteiger partial charge on any atom is 0.0318 e. The molecule has 1 aliphatic rings. The summed E-state index contributed by atoms with van der Waals surface area (Å²) >= 11 is 4.09. The molecule has 1 nitrogen and oxygen atoms in total. The van der Waals surface area contributed by atoms with Gasteiger partial charge < -0.3 is 5.73 Å². The van der Waals surface area contributed by atoms with Gasteiger partial charge in [-0.05, 0) is 13.3 Å². The van der Waals surface area contributed by atoms with Crippen LogP contribution < -0.4 is 5.73 Å². The zero-order valence-electron chi connectivity index (χ0n) is 8.45. The molecule has 1 rings (SSSR count). The topological polar surface area (TPSA) is 26.0 Å². The summed E-state index contributed by atoms with van der Waals surface area (Å²) in [6.45, 7) is 8.27. The third kappa shape index (κ3) is 3.56. The average molecular weight is 217 g/mol. The van der Waals surface area contributed by atoms with Crippen molar-refractivity contribution in [1.82, 2.24) is 0 Å². The van der Waals surface area contributed by atoms with E-state index in [-0.39, 0.29) is 0 Å². The predicted molar refractivity (Wildman–Crippen MR) is 65.6 cm³/mol. The Morgan fingerprint density at radius 1 is 1.54 bits per heavy atom. The van der Waals surface area contributed by atoms with Crippen molar-refractivity contribution >= 4 is 23.5 Å². The van der Waals surface area contributed by atoms with Crippen LogP contribution in [0.25, 0.3) is 0 Å². The van der Waals surface area contributed by atoms with E-state index in [9.17, 15) is 0 Å². The molecule has 0 saturated carbocycles. The third-order valence-corrected chi connectivity index (χ3v) is 5.52. The minimum atomic E-state index is 0.297. The van der Waals surface area contributed by atoms with Crippen LogP contribution in [0.15, 0.2) is 12.2 Å². The maximum absolute atomic E-state index is 6.14. The van der Waals surface area contributed by atoms with Gasteiger partial charge in [0.05, 0.1) is 0 Å². The van der Waals surface area contributed by atoms with Gasteiger partial charge in [-0.1, -0.05) is 12.5 Å². The molecule has 0 aromatic heterocycles. The molecule has 1 saturated heterocycles. The fourth-order valence-corrected chi connectivity index (χ4v) is 4.53. The number of hydrogen-bond donors (Lipinski definition) is 1. The summed E-state index contributed by atoms with van der Waals surface area (Å²) in [5, 5.41) is 1.32. The minimum Gasteiger partial charge on any atom is -0.326 e. The summed E-state index contributed by atoms with van der Waals surface area (Å²) in [6, 6.07) is 0.297. The first-order valence-corrected chi connectivity index (χ1v) is 6.84. The minimum absolute atomic E-state index is 0.297. The lowest BCUT2D eigenvalue weighted by molar-refractivity contribution is 0.620. The molecule has 0 aliphatic carbocycles. The molecule has 0 bridgehead atoms. The Labute approximate surface area is 89.9 Å². The van der Waals surface area contributed by atoms with Gasteiger partial charge in [-0.25, -0.2) is 0 Å². The van der Waals surface area contributed by atoms with Gasteiger partial charge in [0.1, 0.15) is 0 Å². The Kier molecular flexibility index (Phi) is 4.70. The van der Waals surface area contributed by atoms with Gasteiger partial charge in [0, 0.05) is 28.0 Å². The van der Waals surface area contributed by atoms with E-state index in [2.05, 4.69) is 32.2 Å². The predicted octanol–water partition coefficient (Wildman–Crippen LogP) is 2.52. The molecule has 76 valence electrons. The molecule has 13 heavy (non-hydrogen) atoms. The van der Waals surface area contributed by atoms with E-state index in [4.69, 9.17) is 5.73 Å². The third-order valence-electron chi connectivity index (χ3n) is 2.24. The Balaban J connectivity index is 2.43. The van der Waals surface area contributed by atoms with E-state index in [0.29, 0.717) is 16.5 Å². The first kappa shape index (κ1) is 11.5. The van der Waals surface area contributed by atoms with Gasteiger partial charge in [0.25, 0.3) is 0 Å². The van der Waals surface area contributed by atoms with Gasteiger partial charge in [-0.15, -0.1) is 6.58 Å². The summed E-state index contributed by atoms with van der Waals surface area (Å²) in [4.78, 5) is 0. The maximum atomic E-state index is 6.14. The number of hydrogen-bond acceptors (Lipinski definition) is 3. The summed E-state index contributed by atoms with van der Waals surface area (Å²) in [6.07, 6.45) is 0.975. The summed E-state index contributed by atoms with van der Waals surface area (Å²) in [7, 11) is 0. The molecule has 3 heteroatoms. The molecule has 3 atom stereocenters. The highest BCUT2D eigenvalue weighted by molar-refractivity contribution is 8.07. The van der Waals surface area contributed by atoms with Gasteiger partial charge >= 0.3 is 0 Å². The molecule has 1 fully saturated rings. The lowest BCUT2D eigenvalue weighted by Crippen LogP contribution is -2.40. The normalized spacial score (nSPS) is 31.3. The molecule has 0 amide bonds. The van der Waals surface area contributed by atoms with Crippen LogP contribution in [0.4, 0.5) is 0 Å². The van der Waals surface area contributed by atoms with E-state index >= 15 is 0 Å². The highest BCUT2D eigenvalue weighted by Crippen LogP contribution is 2.33. The van der Waals surface area contributed by atoms with Crippen molar-refractivity contribution < 1.29 is 0 Å². The van der Waals surface area contributed by atoms with E-state index in [1.807, 2.05) is 11.8 Å². The molecular weight excluding hydrogens is 198 g/mol. The van der Waals surface area contributed by atoms with Crippen molar-refractivity contribution in [3.8, 4) is 0 Å². The summed E-state index contributed by atoms with van der Waals surface area (Å²) < 4.78 is 0. The van der Waals surface area contributed by atoms with Crippen LogP contribution in [0.3, 0.4) is 0 Å². The standard InChI is InChI=1S/C10H19NS2/c1-7(2)6-9(11)10-8(3)12-4-5-13-10/h8-10H,1,4-6,11H2,2-3H3. The Bertz CT molecular complexity index is 182. The van der Waals surface area contributed by atoms with Crippen LogP contribution >= 0.6 is 23.5 Å². The fourth-order valence-electron chi connectivity index (χ4n) is 1.64. The Morgan fingerprint density at radius 2 is 2.15 bits per heavy atom. The SMILES string of the molecule is C=C(C)CC(N)C1SCCSC1C. The number of rotatable bonds is 3. The van der Waals surface area contributed by atoms with Crippen LogP contribution in [0.2, 0.25) is 0 Å². The van der Waals surface area contributed by atoms with Crippen molar-refractivity contribution in [3.05, 3.63) is 12.2 Å². The first-order valence-electron chi connectivity index (χ1n) is 4.74. The smallest absolute Gasteiger partial charge is 0.0318 e. The first-order chi connectivity index (χ1) is 6.11. The largest absolute Gasteiger partial charge is 0.326 e. The highest BCUT2D eigenvalue weighted by atomic mass is 32.2. The van der Waals surface area contributed by atoms with Crippen LogP contribution in [0.5, 0.6) is 0 Å². The van der Waals surface area contributed by atoms with Crippen LogP contribution in [-0.4, -0.2) is 28.0 Å². The van der Waals surface area contributed by atoms with Crippen LogP contribution in [-0.2, 0) is 0 Å². The molecule has 0 radical (unpaired) electrons.